The number of anilines is 1. The van der Waals surface area contributed by atoms with Crippen molar-refractivity contribution in [1.29, 1.82) is 5.26 Å². The maximum absolute atomic E-state index is 12.3. The fourth-order valence-electron chi connectivity index (χ4n) is 3.60. The summed E-state index contributed by atoms with van der Waals surface area (Å²) in [4.78, 5) is 24.3. The van der Waals surface area contributed by atoms with E-state index in [1.165, 1.54) is 37.1 Å². The molecule has 1 aromatic heterocycles. The number of hydrogen-bond acceptors (Lipinski definition) is 5. The van der Waals surface area contributed by atoms with Gasteiger partial charge in [0.2, 0.25) is 5.91 Å². The van der Waals surface area contributed by atoms with Gasteiger partial charge in [0.05, 0.1) is 24.8 Å². The highest BCUT2D eigenvalue weighted by atomic mass is 16.5. The molecule has 1 saturated carbocycles. The Kier molecular flexibility index (Phi) is 5.99. The first-order chi connectivity index (χ1) is 13.5. The molecule has 7 heteroatoms. The Hall–Kier alpha value is -3.27. The lowest BCUT2D eigenvalue weighted by Crippen LogP contribution is -2.37. The number of hydrogen-bond donors (Lipinski definition) is 2. The van der Waals surface area contributed by atoms with E-state index in [1.807, 2.05) is 18.2 Å². The number of nitrogens with zero attached hydrogens (tertiary/aromatic N) is 2. The zero-order valence-corrected chi connectivity index (χ0v) is 15.9. The second kappa shape index (κ2) is 8.61. The van der Waals surface area contributed by atoms with Gasteiger partial charge in [-0.2, -0.15) is 5.26 Å². The van der Waals surface area contributed by atoms with Crippen LogP contribution in [-0.2, 0) is 16.0 Å². The average Bonchev–Trinajstić information content (AvgIpc) is 3.05. The van der Waals surface area contributed by atoms with Gasteiger partial charge in [0.1, 0.15) is 6.07 Å². The van der Waals surface area contributed by atoms with E-state index in [9.17, 15) is 14.9 Å². The number of amides is 1. The fraction of sp³-hybridized carbons (Fsp3) is 0.381. The first-order valence-corrected chi connectivity index (χ1v) is 9.41. The van der Waals surface area contributed by atoms with E-state index in [2.05, 4.69) is 5.32 Å². The largest absolute Gasteiger partial charge is 0.464 e. The zero-order valence-electron chi connectivity index (χ0n) is 15.9. The van der Waals surface area contributed by atoms with Gasteiger partial charge in [-0.15, -0.1) is 0 Å². The number of nitriles is 1. The van der Waals surface area contributed by atoms with Gasteiger partial charge in [0.15, 0.2) is 5.69 Å². The summed E-state index contributed by atoms with van der Waals surface area (Å²) in [6.07, 6.45) is 7.51. The first-order valence-electron chi connectivity index (χ1n) is 9.41. The van der Waals surface area contributed by atoms with Crippen LogP contribution in [0, 0.1) is 11.3 Å². The summed E-state index contributed by atoms with van der Waals surface area (Å²) in [5.41, 5.74) is 7.85. The highest BCUT2D eigenvalue weighted by Gasteiger charge is 2.21. The summed E-state index contributed by atoms with van der Waals surface area (Å²) in [5.74, 6) is -0.596. The number of esters is 1. The molecule has 2 aromatic rings. The quantitative estimate of drug-likeness (QED) is 0.775. The van der Waals surface area contributed by atoms with E-state index >= 15 is 0 Å². The van der Waals surface area contributed by atoms with Crippen molar-refractivity contribution < 1.29 is 14.3 Å². The highest BCUT2D eigenvalue weighted by molar-refractivity contribution is 5.96. The third-order valence-corrected chi connectivity index (χ3v) is 5.09. The van der Waals surface area contributed by atoms with Crippen LogP contribution >= 0.6 is 0 Å². The van der Waals surface area contributed by atoms with Crippen molar-refractivity contribution in [2.45, 2.75) is 44.6 Å². The summed E-state index contributed by atoms with van der Waals surface area (Å²) in [6, 6.07) is 9.50. The third kappa shape index (κ3) is 4.17. The molecule has 28 heavy (non-hydrogen) atoms. The predicted octanol–water partition coefficient (Wildman–Crippen LogP) is 2.71. The third-order valence-electron chi connectivity index (χ3n) is 5.09. The smallest absolute Gasteiger partial charge is 0.357 e. The number of nitrogens with one attached hydrogen (secondary N) is 1. The lowest BCUT2D eigenvalue weighted by atomic mass is 9.95. The monoisotopic (exact) mass is 380 g/mol. The minimum atomic E-state index is -0.616. The number of nitrogen functional groups attached to an aromatic ring is 1. The lowest BCUT2D eigenvalue weighted by molar-refractivity contribution is -0.121. The van der Waals surface area contributed by atoms with Crippen LogP contribution in [0.25, 0.3) is 5.69 Å². The summed E-state index contributed by atoms with van der Waals surface area (Å²) in [7, 11) is 1.26. The van der Waals surface area contributed by atoms with Gasteiger partial charge >= 0.3 is 5.97 Å². The number of rotatable bonds is 5. The number of carbonyl (C=O) groups excluding carboxylic acids is 2. The van der Waals surface area contributed by atoms with Gasteiger partial charge in [0.25, 0.3) is 0 Å². The Morgan fingerprint density at radius 2 is 1.93 bits per heavy atom. The molecule has 0 unspecified atom stereocenters. The predicted molar refractivity (Wildman–Crippen MR) is 105 cm³/mol. The van der Waals surface area contributed by atoms with E-state index in [-0.39, 0.29) is 28.9 Å². The van der Waals surface area contributed by atoms with E-state index in [0.717, 1.165) is 18.4 Å². The fourth-order valence-corrected chi connectivity index (χ4v) is 3.60. The standard InChI is InChI=1S/C21H24N4O3/c1-28-21(27)20-19(23)15(12-22)13-25(20)17-9-7-14(8-10-17)11-18(26)24-16-5-3-2-4-6-16/h7-10,13,16H,2-6,11,23H2,1H3,(H,24,26). The van der Waals surface area contributed by atoms with Crippen LogP contribution in [0.4, 0.5) is 5.69 Å². The first kappa shape index (κ1) is 19.5. The SMILES string of the molecule is COC(=O)c1c(N)c(C#N)cn1-c1ccc(CC(=O)NC2CCCCC2)cc1. The average molecular weight is 380 g/mol. The van der Waals surface area contributed by atoms with Crippen LogP contribution in [0.2, 0.25) is 0 Å². The van der Waals surface area contributed by atoms with E-state index in [0.29, 0.717) is 12.1 Å². The highest BCUT2D eigenvalue weighted by Crippen LogP contribution is 2.25. The Labute approximate surface area is 164 Å². The molecule has 1 heterocycles. The van der Waals surface area contributed by atoms with Crippen LogP contribution in [0.3, 0.4) is 0 Å². The number of aromatic nitrogens is 1. The molecule has 1 fully saturated rings. The van der Waals surface area contributed by atoms with Crippen molar-refractivity contribution in [2.24, 2.45) is 0 Å². The molecule has 3 rings (SSSR count). The number of benzene rings is 1. The van der Waals surface area contributed by atoms with Crippen molar-refractivity contribution in [1.82, 2.24) is 9.88 Å². The van der Waals surface area contributed by atoms with Crippen molar-refractivity contribution in [3.05, 3.63) is 47.3 Å². The van der Waals surface area contributed by atoms with Gasteiger partial charge in [-0.3, -0.25) is 4.79 Å². The van der Waals surface area contributed by atoms with Crippen molar-refractivity contribution in [3.63, 3.8) is 0 Å². The van der Waals surface area contributed by atoms with Gasteiger partial charge in [0, 0.05) is 17.9 Å². The maximum Gasteiger partial charge on any atom is 0.357 e. The normalized spacial score (nSPS) is 14.3. The molecule has 3 N–H and O–H groups in total. The van der Waals surface area contributed by atoms with Crippen LogP contribution < -0.4 is 11.1 Å². The molecule has 1 aliphatic rings. The molecule has 1 aromatic carbocycles. The summed E-state index contributed by atoms with van der Waals surface area (Å²) in [6.45, 7) is 0. The molecule has 0 saturated heterocycles. The molecule has 0 aliphatic heterocycles. The van der Waals surface area contributed by atoms with Crippen molar-refractivity contribution in [3.8, 4) is 11.8 Å². The summed E-state index contributed by atoms with van der Waals surface area (Å²) < 4.78 is 6.32. The molecule has 0 spiro atoms. The molecule has 0 bridgehead atoms. The number of methoxy groups -OCH3 is 1. The number of carbonyl (C=O) groups is 2. The summed E-state index contributed by atoms with van der Waals surface area (Å²) in [5, 5.41) is 12.3. The molecule has 0 radical (unpaired) electrons. The van der Waals surface area contributed by atoms with Gasteiger partial charge in [-0.25, -0.2) is 4.79 Å². The second-order valence-corrected chi connectivity index (χ2v) is 7.02. The van der Waals surface area contributed by atoms with Gasteiger partial charge in [-0.1, -0.05) is 31.4 Å². The van der Waals surface area contributed by atoms with Crippen LogP contribution in [-0.4, -0.2) is 29.6 Å². The van der Waals surface area contributed by atoms with Gasteiger partial charge in [-0.05, 0) is 30.5 Å². The Balaban J connectivity index is 1.75. The molecule has 1 amide bonds. The summed E-state index contributed by atoms with van der Waals surface area (Å²) >= 11 is 0. The molecule has 0 atom stereocenters. The minimum Gasteiger partial charge on any atom is -0.464 e. The van der Waals surface area contributed by atoms with Crippen LogP contribution in [0.1, 0.15) is 53.7 Å². The minimum absolute atomic E-state index is 0.0203. The number of nitrogens with two attached hydrogens (primary N) is 1. The molecule has 1 aliphatic carbocycles. The maximum atomic E-state index is 12.3. The topological polar surface area (TPSA) is 110 Å². The Morgan fingerprint density at radius 1 is 1.25 bits per heavy atom. The molecule has 146 valence electrons. The zero-order chi connectivity index (χ0) is 20.1. The number of ether oxygens (including phenoxy) is 1. The van der Waals surface area contributed by atoms with Crippen molar-refractivity contribution >= 4 is 17.6 Å². The molecular weight excluding hydrogens is 356 g/mol. The van der Waals surface area contributed by atoms with E-state index in [4.69, 9.17) is 10.5 Å². The lowest BCUT2D eigenvalue weighted by Gasteiger charge is -2.22. The Morgan fingerprint density at radius 3 is 2.54 bits per heavy atom. The molecular formula is C21H24N4O3. The van der Waals surface area contributed by atoms with Crippen molar-refractivity contribution in [2.75, 3.05) is 12.8 Å². The molecule has 7 nitrogen and oxygen atoms in total. The Bertz CT molecular complexity index is 903. The van der Waals surface area contributed by atoms with Gasteiger partial charge < -0.3 is 20.4 Å². The van der Waals surface area contributed by atoms with Crippen LogP contribution in [0.5, 0.6) is 0 Å². The van der Waals surface area contributed by atoms with E-state index < -0.39 is 5.97 Å². The van der Waals surface area contributed by atoms with E-state index in [1.54, 1.807) is 12.1 Å². The van der Waals surface area contributed by atoms with Crippen LogP contribution in [0.15, 0.2) is 30.5 Å². The second-order valence-electron chi connectivity index (χ2n) is 7.02.